The highest BCUT2D eigenvalue weighted by atomic mass is 16.4. The zero-order valence-corrected chi connectivity index (χ0v) is 5.90. The number of hydrogen-bond donors (Lipinski definition) is 2. The molecule has 0 aliphatic heterocycles. The van der Waals surface area contributed by atoms with E-state index < -0.39 is 5.97 Å². The molecule has 0 fully saturated rings. The normalized spacial score (nSPS) is 9.55. The van der Waals surface area contributed by atoms with Crippen molar-refractivity contribution >= 4 is 5.97 Å². The van der Waals surface area contributed by atoms with Gasteiger partial charge in [0.05, 0.1) is 5.69 Å². The molecule has 11 heavy (non-hydrogen) atoms. The molecule has 0 radical (unpaired) electrons. The lowest BCUT2D eigenvalue weighted by Crippen LogP contribution is -2.00. The quantitative estimate of drug-likeness (QED) is 0.625. The van der Waals surface area contributed by atoms with E-state index >= 15 is 0 Å². The summed E-state index contributed by atoms with van der Waals surface area (Å²) in [6, 6.07) is 2.57. The van der Waals surface area contributed by atoms with Gasteiger partial charge >= 0.3 is 5.97 Å². The van der Waals surface area contributed by atoms with Gasteiger partial charge < -0.3 is 10.2 Å². The third kappa shape index (κ3) is 1.46. The van der Waals surface area contributed by atoms with Crippen LogP contribution < -0.4 is 0 Å². The maximum absolute atomic E-state index is 10.3. The van der Waals surface area contributed by atoms with E-state index in [4.69, 9.17) is 10.2 Å². The predicted molar refractivity (Wildman–Crippen MR) is 37.6 cm³/mol. The minimum absolute atomic E-state index is 0.00926. The maximum Gasteiger partial charge on any atom is 0.354 e. The summed E-state index contributed by atoms with van der Waals surface area (Å²) in [5, 5.41) is 17.4. The second-order valence-corrected chi connectivity index (χ2v) is 2.11. The fourth-order valence-electron chi connectivity index (χ4n) is 0.673. The molecule has 0 aliphatic carbocycles. The van der Waals surface area contributed by atoms with Gasteiger partial charge in [0.2, 0.25) is 0 Å². The number of carbonyl (C=O) groups is 1. The Bertz CT molecular complexity index is 296. The molecular weight excluding hydrogens is 146 g/mol. The van der Waals surface area contributed by atoms with Crippen LogP contribution in [-0.4, -0.2) is 21.2 Å². The van der Waals surface area contributed by atoms with Gasteiger partial charge in [-0.05, 0) is 19.1 Å². The van der Waals surface area contributed by atoms with E-state index in [1.165, 1.54) is 12.1 Å². The zero-order valence-electron chi connectivity index (χ0n) is 5.90. The van der Waals surface area contributed by atoms with Crippen LogP contribution in [0.15, 0.2) is 12.1 Å². The highest BCUT2D eigenvalue weighted by Crippen LogP contribution is 2.12. The van der Waals surface area contributed by atoms with Crippen molar-refractivity contribution in [2.45, 2.75) is 6.92 Å². The first kappa shape index (κ1) is 7.53. The average molecular weight is 153 g/mol. The summed E-state index contributed by atoms with van der Waals surface area (Å²) in [6.07, 6.45) is 0. The van der Waals surface area contributed by atoms with Gasteiger partial charge in [0.25, 0.3) is 0 Å². The molecule has 0 saturated carbocycles. The second-order valence-electron chi connectivity index (χ2n) is 2.11. The van der Waals surface area contributed by atoms with Crippen LogP contribution >= 0.6 is 0 Å². The standard InChI is InChI=1S/C7H7NO3/c1-4-6(9)3-2-5(8-4)7(10)11/h2-3,9H,1H3,(H,10,11). The van der Waals surface area contributed by atoms with Crippen LogP contribution in [0.1, 0.15) is 16.2 Å². The lowest BCUT2D eigenvalue weighted by molar-refractivity contribution is 0.0690. The fraction of sp³-hybridized carbons (Fsp3) is 0.143. The number of aromatic carboxylic acids is 1. The second kappa shape index (κ2) is 2.57. The smallest absolute Gasteiger partial charge is 0.354 e. The Labute approximate surface area is 63.1 Å². The van der Waals surface area contributed by atoms with E-state index in [2.05, 4.69) is 4.98 Å². The number of carboxylic acids is 1. The summed E-state index contributed by atoms with van der Waals surface area (Å²) in [5.74, 6) is -1.08. The van der Waals surface area contributed by atoms with E-state index in [1.54, 1.807) is 6.92 Å². The first-order valence-electron chi connectivity index (χ1n) is 3.01. The minimum atomic E-state index is -1.09. The van der Waals surface area contributed by atoms with E-state index in [0.717, 1.165) is 0 Å². The van der Waals surface area contributed by atoms with Crippen LogP contribution in [0.3, 0.4) is 0 Å². The molecular formula is C7H7NO3. The molecule has 2 N–H and O–H groups in total. The predicted octanol–water partition coefficient (Wildman–Crippen LogP) is 0.794. The minimum Gasteiger partial charge on any atom is -0.506 e. The van der Waals surface area contributed by atoms with Crippen LogP contribution in [0, 0.1) is 6.92 Å². The van der Waals surface area contributed by atoms with Gasteiger partial charge in [-0.1, -0.05) is 0 Å². The largest absolute Gasteiger partial charge is 0.506 e. The van der Waals surface area contributed by atoms with E-state index in [9.17, 15) is 4.79 Å². The van der Waals surface area contributed by atoms with Crippen LogP contribution in [0.4, 0.5) is 0 Å². The topological polar surface area (TPSA) is 70.4 Å². The van der Waals surface area contributed by atoms with Gasteiger partial charge in [-0.2, -0.15) is 0 Å². The highest BCUT2D eigenvalue weighted by Gasteiger charge is 2.05. The van der Waals surface area contributed by atoms with Crippen molar-refractivity contribution in [1.29, 1.82) is 0 Å². The summed E-state index contributed by atoms with van der Waals surface area (Å²) in [6.45, 7) is 1.54. The van der Waals surface area contributed by atoms with Crippen LogP contribution in [0.2, 0.25) is 0 Å². The lowest BCUT2D eigenvalue weighted by Gasteiger charge is -1.97. The highest BCUT2D eigenvalue weighted by molar-refractivity contribution is 5.85. The Morgan fingerprint density at radius 2 is 2.18 bits per heavy atom. The molecule has 0 aromatic carbocycles. The molecule has 0 amide bonds. The Hall–Kier alpha value is -1.58. The molecule has 1 aromatic rings. The molecule has 1 heterocycles. The molecule has 4 heteroatoms. The van der Waals surface area contributed by atoms with Gasteiger partial charge in [-0.15, -0.1) is 0 Å². The van der Waals surface area contributed by atoms with Gasteiger partial charge in [0, 0.05) is 0 Å². The van der Waals surface area contributed by atoms with E-state index in [1.807, 2.05) is 0 Å². The summed E-state index contributed by atoms with van der Waals surface area (Å²) in [7, 11) is 0. The molecule has 4 nitrogen and oxygen atoms in total. The molecule has 0 bridgehead atoms. The number of nitrogens with zero attached hydrogens (tertiary/aromatic N) is 1. The van der Waals surface area contributed by atoms with E-state index in [0.29, 0.717) is 5.69 Å². The first-order valence-corrected chi connectivity index (χ1v) is 3.01. The van der Waals surface area contributed by atoms with Crippen LogP contribution in [-0.2, 0) is 0 Å². The number of rotatable bonds is 1. The van der Waals surface area contributed by atoms with Gasteiger partial charge in [0.1, 0.15) is 11.4 Å². The first-order chi connectivity index (χ1) is 5.11. The van der Waals surface area contributed by atoms with Gasteiger partial charge in [-0.3, -0.25) is 0 Å². The van der Waals surface area contributed by atoms with Gasteiger partial charge in [-0.25, -0.2) is 9.78 Å². The summed E-state index contributed by atoms with van der Waals surface area (Å²) in [4.78, 5) is 13.9. The average Bonchev–Trinajstić information content (AvgIpc) is 1.94. The summed E-state index contributed by atoms with van der Waals surface area (Å²) in [5.41, 5.74) is 0.269. The van der Waals surface area contributed by atoms with Crippen LogP contribution in [0.25, 0.3) is 0 Å². The van der Waals surface area contributed by atoms with Crippen molar-refractivity contribution in [2.24, 2.45) is 0 Å². The zero-order chi connectivity index (χ0) is 8.43. The maximum atomic E-state index is 10.3. The molecule has 0 atom stereocenters. The number of aryl methyl sites for hydroxylation is 1. The molecule has 58 valence electrons. The summed E-state index contributed by atoms with van der Waals surface area (Å²) >= 11 is 0. The Balaban J connectivity index is 3.15. The third-order valence-electron chi connectivity index (χ3n) is 1.28. The number of aromatic nitrogens is 1. The molecule has 0 unspecified atom stereocenters. The molecule has 1 rings (SSSR count). The number of aromatic hydroxyl groups is 1. The van der Waals surface area contributed by atoms with Crippen molar-refractivity contribution < 1.29 is 15.0 Å². The van der Waals surface area contributed by atoms with Crippen molar-refractivity contribution in [1.82, 2.24) is 4.98 Å². The summed E-state index contributed by atoms with van der Waals surface area (Å²) < 4.78 is 0. The molecule has 0 aliphatic rings. The van der Waals surface area contributed by atoms with Crippen molar-refractivity contribution in [2.75, 3.05) is 0 Å². The van der Waals surface area contributed by atoms with E-state index in [-0.39, 0.29) is 11.4 Å². The van der Waals surface area contributed by atoms with Crippen LogP contribution in [0.5, 0.6) is 5.75 Å². The van der Waals surface area contributed by atoms with Crippen molar-refractivity contribution in [3.8, 4) is 5.75 Å². The molecule has 0 saturated heterocycles. The number of pyridine rings is 1. The Morgan fingerprint density at radius 3 is 2.64 bits per heavy atom. The van der Waals surface area contributed by atoms with Crippen molar-refractivity contribution in [3.05, 3.63) is 23.5 Å². The fourth-order valence-corrected chi connectivity index (χ4v) is 0.673. The monoisotopic (exact) mass is 153 g/mol. The van der Waals surface area contributed by atoms with Gasteiger partial charge in [0.15, 0.2) is 0 Å². The SMILES string of the molecule is Cc1nc(C(=O)O)ccc1O. The molecule has 1 aromatic heterocycles. The lowest BCUT2D eigenvalue weighted by atomic mass is 10.3. The molecule has 0 spiro atoms. The Morgan fingerprint density at radius 1 is 1.55 bits per heavy atom. The Kier molecular flexibility index (Phi) is 1.76. The number of hydrogen-bond acceptors (Lipinski definition) is 3. The van der Waals surface area contributed by atoms with Crippen molar-refractivity contribution in [3.63, 3.8) is 0 Å². The third-order valence-corrected chi connectivity index (χ3v) is 1.28. The number of carboxylic acid groups (broad SMARTS) is 1.